The van der Waals surface area contributed by atoms with Crippen LogP contribution in [0.1, 0.15) is 0 Å². The molecule has 0 radical (unpaired) electrons. The van der Waals surface area contributed by atoms with Crippen LogP contribution in [0.4, 0.5) is 0 Å². The Balaban J connectivity index is 1.21. The number of thiophene rings is 1. The Bertz CT molecular complexity index is 3120. The molecule has 11 aromatic rings. The van der Waals surface area contributed by atoms with Gasteiger partial charge in [0.15, 0.2) is 5.82 Å². The molecule has 7 aromatic carbocycles. The predicted molar refractivity (Wildman–Crippen MR) is 203 cm³/mol. The summed E-state index contributed by atoms with van der Waals surface area (Å²) in [6.45, 7) is 0. The molecule has 0 unspecified atom stereocenters. The van der Waals surface area contributed by atoms with Gasteiger partial charge in [-0.15, -0.1) is 11.3 Å². The number of rotatable bonds is 3. The van der Waals surface area contributed by atoms with Crippen molar-refractivity contribution < 1.29 is 8.83 Å². The third-order valence-corrected chi connectivity index (χ3v) is 10.9. The first kappa shape index (κ1) is 26.7. The van der Waals surface area contributed by atoms with Gasteiger partial charge in [-0.05, 0) is 58.3 Å². The SMILES string of the molecule is c1ccc2c(-c3ccc4oc5cccc(-c6nc(-c7cccc8c7oc7ccccc78)c7sc8ccccc8c7n6)c5c4c3)cccc2c1. The van der Waals surface area contributed by atoms with Crippen LogP contribution in [0.15, 0.2) is 154 Å². The van der Waals surface area contributed by atoms with Crippen molar-refractivity contribution in [3.05, 3.63) is 146 Å². The molecule has 0 saturated carbocycles. The Morgan fingerprint density at radius 1 is 0.469 bits per heavy atom. The first-order valence-corrected chi connectivity index (χ1v) is 17.1. The van der Waals surface area contributed by atoms with E-state index in [9.17, 15) is 0 Å². The van der Waals surface area contributed by atoms with Crippen LogP contribution in [0.3, 0.4) is 0 Å². The highest BCUT2D eigenvalue weighted by molar-refractivity contribution is 7.26. The highest BCUT2D eigenvalue weighted by Crippen LogP contribution is 2.44. The summed E-state index contributed by atoms with van der Waals surface area (Å²) in [5.41, 5.74) is 9.36. The summed E-state index contributed by atoms with van der Waals surface area (Å²) in [4.78, 5) is 10.7. The molecule has 228 valence electrons. The van der Waals surface area contributed by atoms with Crippen LogP contribution in [0.5, 0.6) is 0 Å². The zero-order valence-electron chi connectivity index (χ0n) is 26.0. The molecule has 0 fully saturated rings. The highest BCUT2D eigenvalue weighted by Gasteiger charge is 2.22. The van der Waals surface area contributed by atoms with E-state index < -0.39 is 0 Å². The summed E-state index contributed by atoms with van der Waals surface area (Å²) < 4.78 is 15.2. The maximum absolute atomic E-state index is 6.54. The number of nitrogens with zero attached hydrogens (tertiary/aromatic N) is 2. The summed E-state index contributed by atoms with van der Waals surface area (Å²) in [6.07, 6.45) is 0. The first-order valence-electron chi connectivity index (χ1n) is 16.3. The van der Waals surface area contributed by atoms with Gasteiger partial charge in [-0.3, -0.25) is 0 Å². The van der Waals surface area contributed by atoms with E-state index in [-0.39, 0.29) is 0 Å². The lowest BCUT2D eigenvalue weighted by Crippen LogP contribution is -1.94. The number of hydrogen-bond acceptors (Lipinski definition) is 5. The van der Waals surface area contributed by atoms with Gasteiger partial charge in [0, 0.05) is 42.8 Å². The van der Waals surface area contributed by atoms with E-state index in [4.69, 9.17) is 18.8 Å². The van der Waals surface area contributed by atoms with E-state index in [0.717, 1.165) is 81.9 Å². The summed E-state index contributed by atoms with van der Waals surface area (Å²) in [7, 11) is 0. The second kappa shape index (κ2) is 10.1. The Morgan fingerprint density at radius 2 is 1.16 bits per heavy atom. The molecule has 0 bridgehead atoms. The summed E-state index contributed by atoms with van der Waals surface area (Å²) in [5.74, 6) is 0.656. The summed E-state index contributed by atoms with van der Waals surface area (Å²) in [5, 5.41) is 7.77. The summed E-state index contributed by atoms with van der Waals surface area (Å²) >= 11 is 1.73. The van der Waals surface area contributed by atoms with Crippen LogP contribution < -0.4 is 0 Å². The molecule has 0 atom stereocenters. The minimum Gasteiger partial charge on any atom is -0.456 e. The van der Waals surface area contributed by atoms with Crippen LogP contribution in [-0.4, -0.2) is 9.97 Å². The van der Waals surface area contributed by atoms with Gasteiger partial charge in [-0.25, -0.2) is 9.97 Å². The molecule has 0 aliphatic carbocycles. The molecular weight excluding hydrogens is 621 g/mol. The van der Waals surface area contributed by atoms with Crippen molar-refractivity contribution in [2.75, 3.05) is 0 Å². The minimum atomic E-state index is 0.656. The van der Waals surface area contributed by atoms with Gasteiger partial charge in [0.1, 0.15) is 22.3 Å². The summed E-state index contributed by atoms with van der Waals surface area (Å²) in [6, 6.07) is 50.7. The first-order chi connectivity index (χ1) is 24.3. The number of para-hydroxylation sites is 2. The van der Waals surface area contributed by atoms with Crippen LogP contribution in [0.25, 0.3) is 109 Å². The molecule has 4 heterocycles. The maximum Gasteiger partial charge on any atom is 0.161 e. The van der Waals surface area contributed by atoms with Gasteiger partial charge in [0.05, 0.1) is 15.9 Å². The Labute approximate surface area is 283 Å². The molecule has 5 heteroatoms. The van der Waals surface area contributed by atoms with Crippen LogP contribution >= 0.6 is 11.3 Å². The topological polar surface area (TPSA) is 52.1 Å². The van der Waals surface area contributed by atoms with E-state index >= 15 is 0 Å². The molecule has 0 N–H and O–H groups in total. The smallest absolute Gasteiger partial charge is 0.161 e. The van der Waals surface area contributed by atoms with Gasteiger partial charge in [-0.1, -0.05) is 109 Å². The molecule has 0 aliphatic rings. The molecule has 4 nitrogen and oxygen atoms in total. The third-order valence-electron chi connectivity index (χ3n) is 9.72. The van der Waals surface area contributed by atoms with Gasteiger partial charge in [0.25, 0.3) is 0 Å². The second-order valence-electron chi connectivity index (χ2n) is 12.5. The average molecular weight is 645 g/mol. The number of furan rings is 2. The molecule has 0 amide bonds. The zero-order chi connectivity index (χ0) is 32.1. The fraction of sp³-hybridized carbons (Fsp3) is 0. The van der Waals surface area contributed by atoms with Gasteiger partial charge < -0.3 is 8.83 Å². The lowest BCUT2D eigenvalue weighted by Gasteiger charge is -2.09. The number of fused-ring (bicyclic) bond motifs is 10. The zero-order valence-corrected chi connectivity index (χ0v) is 26.8. The Hall–Kier alpha value is -6.30. The lowest BCUT2D eigenvalue weighted by atomic mass is 9.96. The standard InChI is InChI=1S/C44H24N2O2S/c1-2-12-27-25(10-1)11-7-15-28(27)26-22-23-36-34(24-26)39-32(17-9-20-37(39)47-36)44-45-40-31-14-4-6-21-38(31)49-43(40)41(46-44)33-18-8-16-30-29-13-3-5-19-35(29)48-42(30)33/h1-24H. The fourth-order valence-electron chi connectivity index (χ4n) is 7.49. The second-order valence-corrected chi connectivity index (χ2v) is 13.5. The minimum absolute atomic E-state index is 0.656. The largest absolute Gasteiger partial charge is 0.456 e. The predicted octanol–water partition coefficient (Wildman–Crippen LogP) is 12.8. The van der Waals surface area contributed by atoms with Crippen molar-refractivity contribution in [1.82, 2.24) is 9.97 Å². The quantitative estimate of drug-likeness (QED) is 0.192. The number of aromatic nitrogens is 2. The normalized spacial score (nSPS) is 12.1. The van der Waals surface area contributed by atoms with E-state index in [1.165, 1.54) is 21.0 Å². The monoisotopic (exact) mass is 644 g/mol. The van der Waals surface area contributed by atoms with Crippen LogP contribution in [0.2, 0.25) is 0 Å². The van der Waals surface area contributed by atoms with Crippen LogP contribution in [-0.2, 0) is 0 Å². The molecule has 11 rings (SSSR count). The highest BCUT2D eigenvalue weighted by atomic mass is 32.1. The molecule has 0 saturated heterocycles. The van der Waals surface area contributed by atoms with Crippen molar-refractivity contribution in [3.63, 3.8) is 0 Å². The lowest BCUT2D eigenvalue weighted by molar-refractivity contribution is 0.669. The molecule has 0 spiro atoms. The molecule has 49 heavy (non-hydrogen) atoms. The third kappa shape index (κ3) is 3.91. The van der Waals surface area contributed by atoms with E-state index in [1.807, 2.05) is 24.3 Å². The van der Waals surface area contributed by atoms with Gasteiger partial charge in [0.2, 0.25) is 0 Å². The van der Waals surface area contributed by atoms with Crippen molar-refractivity contribution in [2.24, 2.45) is 0 Å². The van der Waals surface area contributed by atoms with Gasteiger partial charge in [-0.2, -0.15) is 0 Å². The van der Waals surface area contributed by atoms with Crippen molar-refractivity contribution in [1.29, 1.82) is 0 Å². The Kier molecular flexibility index (Phi) is 5.51. The molecule has 4 aromatic heterocycles. The maximum atomic E-state index is 6.54. The van der Waals surface area contributed by atoms with Crippen molar-refractivity contribution in [3.8, 4) is 33.8 Å². The molecular formula is C44H24N2O2S. The van der Waals surface area contributed by atoms with Crippen molar-refractivity contribution in [2.45, 2.75) is 0 Å². The number of benzene rings is 7. The fourth-order valence-corrected chi connectivity index (χ4v) is 8.63. The van der Waals surface area contributed by atoms with Gasteiger partial charge >= 0.3 is 0 Å². The van der Waals surface area contributed by atoms with E-state index in [2.05, 4.69) is 121 Å². The van der Waals surface area contributed by atoms with Crippen LogP contribution in [0, 0.1) is 0 Å². The average Bonchev–Trinajstić information content (AvgIpc) is 3.85. The molecule has 0 aliphatic heterocycles. The van der Waals surface area contributed by atoms with Crippen molar-refractivity contribution >= 4 is 86.3 Å². The van der Waals surface area contributed by atoms with E-state index in [1.54, 1.807) is 11.3 Å². The number of hydrogen-bond donors (Lipinski definition) is 0. The van der Waals surface area contributed by atoms with E-state index in [0.29, 0.717) is 5.82 Å². The Morgan fingerprint density at radius 3 is 2.12 bits per heavy atom.